The highest BCUT2D eigenvalue weighted by atomic mass is 32.2. The van der Waals surface area contributed by atoms with Crippen molar-refractivity contribution in [1.29, 1.82) is 0 Å². The molecule has 0 spiro atoms. The van der Waals surface area contributed by atoms with Gasteiger partial charge in [0.25, 0.3) is 0 Å². The van der Waals surface area contributed by atoms with Crippen LogP contribution in [0.2, 0.25) is 0 Å². The van der Waals surface area contributed by atoms with Gasteiger partial charge in [-0.15, -0.1) is 13.2 Å². The molecule has 6 nitrogen and oxygen atoms in total. The number of anilines is 2. The molecule has 3 aromatic rings. The second-order valence-electron chi connectivity index (χ2n) is 9.88. The van der Waals surface area contributed by atoms with E-state index >= 15 is 0 Å². The molecule has 0 saturated heterocycles. The zero-order valence-electron chi connectivity index (χ0n) is 22.1. The Labute approximate surface area is 232 Å². The molecule has 2 aliphatic rings. The van der Waals surface area contributed by atoms with Gasteiger partial charge in [0, 0.05) is 11.4 Å². The molecule has 0 amide bonds. The first-order chi connectivity index (χ1) is 19.2. The van der Waals surface area contributed by atoms with Crippen LogP contribution < -0.4 is 14.4 Å². The largest absolute Gasteiger partial charge is 0.573 e. The average Bonchev–Trinajstić information content (AvgIpc) is 3.10. The van der Waals surface area contributed by atoms with E-state index in [0.717, 1.165) is 36.3 Å². The van der Waals surface area contributed by atoms with Crippen molar-refractivity contribution in [3.8, 4) is 5.75 Å². The van der Waals surface area contributed by atoms with Crippen LogP contribution in [0.3, 0.4) is 0 Å². The van der Waals surface area contributed by atoms with Gasteiger partial charge in [-0.25, -0.2) is 8.57 Å². The van der Waals surface area contributed by atoms with E-state index in [4.69, 9.17) is 0 Å². The number of alkyl halides is 3. The van der Waals surface area contributed by atoms with Gasteiger partial charge in [-0.1, -0.05) is 49.4 Å². The zero-order valence-corrected chi connectivity index (χ0v) is 22.9. The summed E-state index contributed by atoms with van der Waals surface area (Å²) in [5.41, 5.74) is 4.84. The predicted molar refractivity (Wildman–Crippen MR) is 150 cm³/mol. The summed E-state index contributed by atoms with van der Waals surface area (Å²) in [6, 6.07) is 20.9. The topological polar surface area (TPSA) is 74.2 Å². The average molecular weight is 572 g/mol. The SMILES string of the molecule is CCCN=S(=O)(NC1=CCC[C@H](N2c3ccccc3CCc3ccccc32)[C@H]1O)c1ccc(OC(F)(F)F)cc1. The minimum Gasteiger partial charge on any atom is -0.406 e. The molecule has 0 fully saturated rings. The number of nitrogens with zero attached hydrogens (tertiary/aromatic N) is 2. The molecule has 0 radical (unpaired) electrons. The van der Waals surface area contributed by atoms with Crippen molar-refractivity contribution >= 4 is 21.3 Å². The molecule has 1 aliphatic carbocycles. The minimum absolute atomic E-state index is 0.205. The maximum atomic E-state index is 14.2. The summed E-state index contributed by atoms with van der Waals surface area (Å²) in [4.78, 5) is 2.40. The van der Waals surface area contributed by atoms with E-state index in [9.17, 15) is 22.5 Å². The number of aliphatic hydroxyl groups excluding tert-OH is 1. The highest BCUT2D eigenvalue weighted by Gasteiger charge is 2.36. The standard InChI is InChI=1S/C30H32F3N3O3S/c1-2-20-34-40(38,24-18-16-23(17-19-24)39-30(31,32)33)35-25-10-7-13-28(29(25)37)36-26-11-5-3-8-21(26)14-15-22-9-4-6-12-27(22)36/h3-6,8-12,16-19,28-29,37H,2,7,13-15,20H2,1H3,(H,34,35,38)/t28-,29-,40?/m0/s1. The van der Waals surface area contributed by atoms with Gasteiger partial charge in [-0.05, 0) is 79.6 Å². The smallest absolute Gasteiger partial charge is 0.406 e. The number of aliphatic hydroxyl groups is 1. The molecule has 2 N–H and O–H groups in total. The van der Waals surface area contributed by atoms with E-state index in [2.05, 4.69) is 43.0 Å². The summed E-state index contributed by atoms with van der Waals surface area (Å²) in [5, 5.41) is 11.7. The zero-order chi connectivity index (χ0) is 28.3. The predicted octanol–water partition coefficient (Wildman–Crippen LogP) is 6.67. The minimum atomic E-state index is -4.83. The molecule has 0 bridgehead atoms. The number of fused-ring (bicyclic) bond motifs is 2. The fourth-order valence-electron chi connectivity index (χ4n) is 5.31. The summed E-state index contributed by atoms with van der Waals surface area (Å²) in [6.07, 6.45) is -0.323. The van der Waals surface area contributed by atoms with Crippen LogP contribution in [-0.4, -0.2) is 34.4 Å². The Bertz CT molecular complexity index is 1450. The Kier molecular flexibility index (Phi) is 8.09. The Hall–Kier alpha value is -3.50. The van der Waals surface area contributed by atoms with Crippen molar-refractivity contribution in [2.45, 2.75) is 62.4 Å². The number of hydrogen-bond acceptors (Lipinski definition) is 5. The van der Waals surface area contributed by atoms with Crippen molar-refractivity contribution in [3.63, 3.8) is 0 Å². The Morgan fingerprint density at radius 2 is 1.60 bits per heavy atom. The fourth-order valence-corrected chi connectivity index (χ4v) is 7.11. The Balaban J connectivity index is 1.48. The number of nitrogens with one attached hydrogen (secondary N) is 1. The lowest BCUT2D eigenvalue weighted by molar-refractivity contribution is -0.274. The molecule has 1 aliphatic heterocycles. The summed E-state index contributed by atoms with van der Waals surface area (Å²) < 4.78 is 63.5. The van der Waals surface area contributed by atoms with Crippen LogP contribution in [0.4, 0.5) is 24.5 Å². The Morgan fingerprint density at radius 1 is 1.00 bits per heavy atom. The fraction of sp³-hybridized carbons (Fsp3) is 0.333. The van der Waals surface area contributed by atoms with Crippen LogP contribution >= 0.6 is 0 Å². The third kappa shape index (κ3) is 5.97. The number of allylic oxidation sites excluding steroid dienone is 1. The van der Waals surface area contributed by atoms with Crippen LogP contribution in [-0.2, 0) is 22.8 Å². The molecular formula is C30H32F3N3O3S. The Morgan fingerprint density at radius 3 is 2.17 bits per heavy atom. The van der Waals surface area contributed by atoms with Crippen molar-refractivity contribution in [3.05, 3.63) is 95.7 Å². The lowest BCUT2D eigenvalue weighted by atomic mass is 9.93. The van der Waals surface area contributed by atoms with Gasteiger partial charge >= 0.3 is 6.36 Å². The first-order valence-electron chi connectivity index (χ1n) is 13.4. The van der Waals surface area contributed by atoms with Gasteiger partial charge in [0.15, 0.2) is 9.92 Å². The highest BCUT2D eigenvalue weighted by Crippen LogP contribution is 2.41. The number of ether oxygens (including phenoxy) is 1. The van der Waals surface area contributed by atoms with E-state index < -0.39 is 28.1 Å². The second kappa shape index (κ2) is 11.5. The number of benzene rings is 3. The van der Waals surface area contributed by atoms with Crippen LogP contribution in [0, 0.1) is 0 Å². The summed E-state index contributed by atoms with van der Waals surface area (Å²) in [7, 11) is -3.31. The van der Waals surface area contributed by atoms with Gasteiger partial charge in [-0.3, -0.25) is 4.72 Å². The van der Waals surface area contributed by atoms with Crippen molar-refractivity contribution in [2.24, 2.45) is 4.36 Å². The first kappa shape index (κ1) is 28.0. The number of hydrogen-bond donors (Lipinski definition) is 2. The third-order valence-corrected chi connectivity index (χ3v) is 9.11. The summed E-state index contributed by atoms with van der Waals surface area (Å²) >= 11 is 0. The highest BCUT2D eigenvalue weighted by molar-refractivity contribution is 7.91. The second-order valence-corrected chi connectivity index (χ2v) is 11.9. The number of rotatable bonds is 7. The molecule has 3 atom stereocenters. The van der Waals surface area contributed by atoms with Crippen LogP contribution in [0.25, 0.3) is 0 Å². The van der Waals surface area contributed by atoms with Crippen molar-refractivity contribution in [1.82, 2.24) is 4.72 Å². The molecule has 212 valence electrons. The van der Waals surface area contributed by atoms with E-state index in [1.54, 1.807) is 0 Å². The van der Waals surface area contributed by atoms with E-state index in [1.165, 1.54) is 23.3 Å². The lowest BCUT2D eigenvalue weighted by Gasteiger charge is -2.40. The van der Waals surface area contributed by atoms with Crippen molar-refractivity contribution in [2.75, 3.05) is 11.4 Å². The first-order valence-corrected chi connectivity index (χ1v) is 14.9. The molecule has 0 aromatic heterocycles. The molecule has 0 saturated carbocycles. The van der Waals surface area contributed by atoms with E-state index in [-0.39, 0.29) is 17.5 Å². The van der Waals surface area contributed by atoms with Crippen LogP contribution in [0.15, 0.2) is 93.8 Å². The molecule has 1 heterocycles. The van der Waals surface area contributed by atoms with Crippen LogP contribution in [0.1, 0.15) is 37.3 Å². The molecule has 3 aromatic carbocycles. The molecule has 10 heteroatoms. The number of aryl methyl sites for hydroxylation is 2. The van der Waals surface area contributed by atoms with Gasteiger partial charge in [0.05, 0.1) is 23.2 Å². The maximum absolute atomic E-state index is 14.2. The quantitative estimate of drug-likeness (QED) is 0.332. The van der Waals surface area contributed by atoms with Crippen LogP contribution in [0.5, 0.6) is 5.75 Å². The molecule has 40 heavy (non-hydrogen) atoms. The molecule has 1 unspecified atom stereocenters. The molecular weight excluding hydrogens is 539 g/mol. The van der Waals surface area contributed by atoms with Gasteiger partial charge < -0.3 is 14.7 Å². The lowest BCUT2D eigenvalue weighted by Crippen LogP contribution is -2.47. The summed E-state index contributed by atoms with van der Waals surface area (Å²) in [6.45, 7) is 2.16. The van der Waals surface area contributed by atoms with Gasteiger partial charge in [-0.2, -0.15) is 0 Å². The third-order valence-electron chi connectivity index (χ3n) is 7.14. The van der Waals surface area contributed by atoms with E-state index in [1.807, 2.05) is 37.3 Å². The number of halogens is 3. The molecule has 5 rings (SSSR count). The summed E-state index contributed by atoms with van der Waals surface area (Å²) in [5.74, 6) is -0.413. The maximum Gasteiger partial charge on any atom is 0.573 e. The van der Waals surface area contributed by atoms with Gasteiger partial charge in [0.1, 0.15) is 11.9 Å². The number of para-hydroxylation sites is 2. The van der Waals surface area contributed by atoms with E-state index in [0.29, 0.717) is 25.0 Å². The monoisotopic (exact) mass is 571 g/mol. The van der Waals surface area contributed by atoms with Gasteiger partial charge in [0.2, 0.25) is 0 Å². The van der Waals surface area contributed by atoms with Crippen molar-refractivity contribution < 1.29 is 27.2 Å². The normalized spacial score (nSPS) is 20.3.